The maximum absolute atomic E-state index is 13.3. The number of ether oxygens (including phenoxy) is 4. The summed E-state index contributed by atoms with van der Waals surface area (Å²) < 4.78 is 23.0. The van der Waals surface area contributed by atoms with Gasteiger partial charge in [0.25, 0.3) is 5.91 Å². The van der Waals surface area contributed by atoms with Gasteiger partial charge in [-0.05, 0) is 81.3 Å². The zero-order valence-electron chi connectivity index (χ0n) is 20.6. The Hall–Kier alpha value is -2.89. The van der Waals surface area contributed by atoms with Gasteiger partial charge in [-0.3, -0.25) is 4.79 Å². The molecule has 34 heavy (non-hydrogen) atoms. The Balaban J connectivity index is 1.50. The Bertz CT molecular complexity index is 971. The van der Waals surface area contributed by atoms with Crippen molar-refractivity contribution in [3.05, 3.63) is 47.5 Å². The molecule has 0 saturated heterocycles. The fourth-order valence-corrected chi connectivity index (χ4v) is 4.68. The average Bonchev–Trinajstić information content (AvgIpc) is 3.69. The number of hydrogen-bond acceptors (Lipinski definition) is 5. The van der Waals surface area contributed by atoms with E-state index >= 15 is 0 Å². The summed E-state index contributed by atoms with van der Waals surface area (Å²) in [5.41, 5.74) is 1.78. The van der Waals surface area contributed by atoms with Crippen molar-refractivity contribution in [1.82, 2.24) is 5.32 Å². The van der Waals surface area contributed by atoms with Crippen LogP contribution in [0.5, 0.6) is 23.0 Å². The highest BCUT2D eigenvalue weighted by atomic mass is 16.5. The summed E-state index contributed by atoms with van der Waals surface area (Å²) in [5.74, 6) is 3.61. The third-order valence-electron chi connectivity index (χ3n) is 6.68. The topological polar surface area (TPSA) is 66.0 Å². The number of methoxy groups -OCH3 is 1. The van der Waals surface area contributed by atoms with Gasteiger partial charge in [-0.25, -0.2) is 0 Å². The highest BCUT2D eigenvalue weighted by Crippen LogP contribution is 2.38. The van der Waals surface area contributed by atoms with Crippen LogP contribution in [0.4, 0.5) is 0 Å². The van der Waals surface area contributed by atoms with Crippen molar-refractivity contribution in [2.45, 2.75) is 64.3 Å². The Kier molecular flexibility index (Phi) is 8.20. The minimum Gasteiger partial charge on any atom is -0.493 e. The first-order chi connectivity index (χ1) is 16.6. The van der Waals surface area contributed by atoms with E-state index in [-0.39, 0.29) is 17.9 Å². The van der Waals surface area contributed by atoms with Crippen LogP contribution in [0.3, 0.4) is 0 Å². The summed E-state index contributed by atoms with van der Waals surface area (Å²) in [4.78, 5) is 13.3. The Morgan fingerprint density at radius 3 is 2.29 bits per heavy atom. The molecule has 2 aromatic carbocycles. The van der Waals surface area contributed by atoms with Crippen LogP contribution in [-0.2, 0) is 0 Å². The van der Waals surface area contributed by atoms with Gasteiger partial charge in [-0.1, -0.05) is 18.9 Å². The van der Waals surface area contributed by atoms with Crippen LogP contribution in [0, 0.1) is 5.92 Å². The standard InChI is InChI=1S/C28H37NO5/c1-4-32-25-15-13-21(17-27(25)34-18-19-10-11-19)28(30)29-23-9-7-6-8-22(23)20-12-14-24(31-3)26(16-20)33-5-2/h12-17,19,22-23H,4-11,18H2,1-3H3,(H,29,30). The summed E-state index contributed by atoms with van der Waals surface area (Å²) in [6.45, 7) is 5.73. The maximum atomic E-state index is 13.3. The van der Waals surface area contributed by atoms with Gasteiger partial charge in [-0.15, -0.1) is 0 Å². The van der Waals surface area contributed by atoms with Gasteiger partial charge >= 0.3 is 0 Å². The predicted molar refractivity (Wildman–Crippen MR) is 132 cm³/mol. The molecule has 2 saturated carbocycles. The number of nitrogens with one attached hydrogen (secondary N) is 1. The van der Waals surface area contributed by atoms with Crippen LogP contribution < -0.4 is 24.3 Å². The maximum Gasteiger partial charge on any atom is 0.251 e. The molecule has 2 aromatic rings. The average molecular weight is 468 g/mol. The fourth-order valence-electron chi connectivity index (χ4n) is 4.68. The fraction of sp³-hybridized carbons (Fsp3) is 0.536. The lowest BCUT2D eigenvalue weighted by molar-refractivity contribution is 0.0920. The number of hydrogen-bond donors (Lipinski definition) is 1. The molecule has 0 heterocycles. The zero-order valence-corrected chi connectivity index (χ0v) is 20.6. The monoisotopic (exact) mass is 467 g/mol. The molecule has 2 fully saturated rings. The second-order valence-electron chi connectivity index (χ2n) is 9.16. The van der Waals surface area contributed by atoms with E-state index in [1.807, 2.05) is 38.1 Å². The van der Waals surface area contributed by atoms with E-state index in [0.717, 1.165) is 37.2 Å². The van der Waals surface area contributed by atoms with Crippen molar-refractivity contribution < 1.29 is 23.7 Å². The summed E-state index contributed by atoms with van der Waals surface area (Å²) in [7, 11) is 1.65. The third kappa shape index (κ3) is 5.96. The molecule has 6 nitrogen and oxygen atoms in total. The van der Waals surface area contributed by atoms with E-state index in [0.29, 0.717) is 42.8 Å². The number of carbonyl (C=O) groups is 1. The van der Waals surface area contributed by atoms with Gasteiger partial charge in [0.1, 0.15) is 0 Å². The lowest BCUT2D eigenvalue weighted by atomic mass is 9.79. The van der Waals surface area contributed by atoms with Crippen molar-refractivity contribution in [2.24, 2.45) is 5.92 Å². The van der Waals surface area contributed by atoms with E-state index in [1.54, 1.807) is 7.11 Å². The van der Waals surface area contributed by atoms with Crippen molar-refractivity contribution in [2.75, 3.05) is 26.9 Å². The molecule has 2 unspecified atom stereocenters. The van der Waals surface area contributed by atoms with Crippen molar-refractivity contribution in [3.8, 4) is 23.0 Å². The molecule has 0 spiro atoms. The summed E-state index contributed by atoms with van der Waals surface area (Å²) in [5, 5.41) is 3.31. The van der Waals surface area contributed by atoms with E-state index in [2.05, 4.69) is 17.4 Å². The molecule has 2 aliphatic rings. The SMILES string of the molecule is CCOc1cc(C2CCCCC2NC(=O)c2ccc(OCC)c(OCC3CC3)c2)ccc1OC. The van der Waals surface area contributed by atoms with Gasteiger partial charge in [-0.2, -0.15) is 0 Å². The molecule has 2 atom stereocenters. The van der Waals surface area contributed by atoms with Gasteiger partial charge in [0, 0.05) is 17.5 Å². The highest BCUT2D eigenvalue weighted by molar-refractivity contribution is 5.95. The van der Waals surface area contributed by atoms with Gasteiger partial charge < -0.3 is 24.3 Å². The Morgan fingerprint density at radius 1 is 0.853 bits per heavy atom. The quantitative estimate of drug-likeness (QED) is 0.457. The molecule has 0 radical (unpaired) electrons. The minimum atomic E-state index is -0.0743. The molecule has 0 aliphatic heterocycles. The third-order valence-corrected chi connectivity index (χ3v) is 6.68. The molecule has 1 N–H and O–H groups in total. The summed E-state index contributed by atoms with van der Waals surface area (Å²) >= 11 is 0. The van der Waals surface area contributed by atoms with Crippen LogP contribution >= 0.6 is 0 Å². The minimum absolute atomic E-state index is 0.0616. The van der Waals surface area contributed by atoms with Crippen LogP contribution in [0.1, 0.15) is 74.2 Å². The molecular weight excluding hydrogens is 430 g/mol. The molecule has 184 valence electrons. The van der Waals surface area contributed by atoms with Crippen LogP contribution in [-0.4, -0.2) is 38.9 Å². The first kappa shape index (κ1) is 24.2. The molecule has 0 aromatic heterocycles. The van der Waals surface area contributed by atoms with Crippen molar-refractivity contribution in [3.63, 3.8) is 0 Å². The number of carbonyl (C=O) groups excluding carboxylic acids is 1. The van der Waals surface area contributed by atoms with Gasteiger partial charge in [0.05, 0.1) is 26.9 Å². The van der Waals surface area contributed by atoms with E-state index in [9.17, 15) is 4.79 Å². The predicted octanol–water partition coefficient (Wildman–Crippen LogP) is 5.74. The lowest BCUT2D eigenvalue weighted by Crippen LogP contribution is -2.41. The largest absolute Gasteiger partial charge is 0.493 e. The molecule has 0 bridgehead atoms. The van der Waals surface area contributed by atoms with Crippen LogP contribution in [0.2, 0.25) is 0 Å². The zero-order chi connectivity index (χ0) is 23.9. The second kappa shape index (κ2) is 11.5. The van der Waals surface area contributed by atoms with Crippen LogP contribution in [0.25, 0.3) is 0 Å². The first-order valence-electron chi connectivity index (χ1n) is 12.6. The highest BCUT2D eigenvalue weighted by Gasteiger charge is 2.29. The molecule has 1 amide bonds. The van der Waals surface area contributed by atoms with E-state index < -0.39 is 0 Å². The first-order valence-corrected chi connectivity index (χ1v) is 12.6. The lowest BCUT2D eigenvalue weighted by Gasteiger charge is -2.33. The number of benzene rings is 2. The van der Waals surface area contributed by atoms with Gasteiger partial charge in [0.15, 0.2) is 23.0 Å². The number of amides is 1. The van der Waals surface area contributed by atoms with E-state index in [4.69, 9.17) is 18.9 Å². The smallest absolute Gasteiger partial charge is 0.251 e. The molecule has 4 rings (SSSR count). The second-order valence-corrected chi connectivity index (χ2v) is 9.16. The normalized spacial score (nSPS) is 19.9. The Labute approximate surface area is 202 Å². The molecular formula is C28H37NO5. The van der Waals surface area contributed by atoms with Gasteiger partial charge in [0.2, 0.25) is 0 Å². The molecule has 2 aliphatic carbocycles. The van der Waals surface area contributed by atoms with E-state index in [1.165, 1.54) is 18.4 Å². The molecule has 6 heteroatoms. The summed E-state index contributed by atoms with van der Waals surface area (Å²) in [6, 6.07) is 11.7. The Morgan fingerprint density at radius 2 is 1.56 bits per heavy atom. The number of rotatable bonds is 11. The van der Waals surface area contributed by atoms with Crippen molar-refractivity contribution >= 4 is 5.91 Å². The van der Waals surface area contributed by atoms with Crippen LogP contribution in [0.15, 0.2) is 36.4 Å². The van der Waals surface area contributed by atoms with Crippen molar-refractivity contribution in [1.29, 1.82) is 0 Å². The summed E-state index contributed by atoms with van der Waals surface area (Å²) in [6.07, 6.45) is 6.66.